The van der Waals surface area contributed by atoms with Crippen LogP contribution < -0.4 is 10.2 Å². The molecule has 0 saturated heterocycles. The van der Waals surface area contributed by atoms with Crippen molar-refractivity contribution >= 4 is 22.9 Å². The fourth-order valence-electron chi connectivity index (χ4n) is 2.36. The van der Waals surface area contributed by atoms with E-state index in [1.807, 2.05) is 36.4 Å². The Bertz CT molecular complexity index is 960. The largest absolute Gasteiger partial charge is 0.480 e. The van der Waals surface area contributed by atoms with Crippen molar-refractivity contribution in [1.29, 1.82) is 0 Å². The lowest BCUT2D eigenvalue weighted by molar-refractivity contribution is 0.0950. The lowest BCUT2D eigenvalue weighted by atomic mass is 10.0. The number of nitrogens with one attached hydrogen (secondary N) is 1. The second-order valence-corrected chi connectivity index (χ2v) is 5.11. The summed E-state index contributed by atoms with van der Waals surface area (Å²) in [4.78, 5) is 16.0. The summed E-state index contributed by atoms with van der Waals surface area (Å²) in [7, 11) is 0. The van der Waals surface area contributed by atoms with E-state index < -0.39 is 0 Å². The van der Waals surface area contributed by atoms with Crippen LogP contribution in [0.15, 0.2) is 65.9 Å². The molecule has 0 fully saturated rings. The Kier molecular flexibility index (Phi) is 5.03. The van der Waals surface area contributed by atoms with E-state index >= 15 is 0 Å². The van der Waals surface area contributed by atoms with Crippen molar-refractivity contribution in [2.45, 2.75) is 0 Å². The van der Waals surface area contributed by atoms with Gasteiger partial charge in [-0.25, -0.2) is 5.43 Å². The quantitative estimate of drug-likeness (QED) is 0.445. The van der Waals surface area contributed by atoms with E-state index in [-0.39, 0.29) is 12.5 Å². The normalized spacial score (nSPS) is 10.5. The Morgan fingerprint density at radius 3 is 2.84 bits per heavy atom. The molecule has 122 valence electrons. The molecule has 0 aliphatic carbocycles. The first-order chi connectivity index (χ1) is 12.3. The molecule has 25 heavy (non-hydrogen) atoms. The van der Waals surface area contributed by atoms with Crippen LogP contribution in [0.25, 0.3) is 10.8 Å². The minimum atomic E-state index is -0.386. The predicted octanol–water partition coefficient (Wildman–Crippen LogP) is 3.01. The lowest BCUT2D eigenvalue weighted by Crippen LogP contribution is -2.18. The number of rotatable bonds is 5. The third-order valence-corrected chi connectivity index (χ3v) is 3.50. The fourth-order valence-corrected chi connectivity index (χ4v) is 2.36. The number of carbonyl (C=O) groups is 1. The second kappa shape index (κ2) is 7.75. The molecule has 1 N–H and O–H groups in total. The van der Waals surface area contributed by atoms with Crippen LogP contribution in [0.1, 0.15) is 16.1 Å². The van der Waals surface area contributed by atoms with Crippen molar-refractivity contribution in [2.24, 2.45) is 5.10 Å². The van der Waals surface area contributed by atoms with Crippen molar-refractivity contribution in [3.05, 3.63) is 72.1 Å². The number of amides is 1. The lowest BCUT2D eigenvalue weighted by Gasteiger charge is -2.09. The molecule has 0 atom stereocenters. The van der Waals surface area contributed by atoms with Crippen LogP contribution in [-0.2, 0) is 0 Å². The molecule has 0 radical (unpaired) electrons. The SMILES string of the molecule is C#CCOc1ccc2ccccc2c1/C=N\NC(=O)c1ccccn1. The number of pyridine rings is 1. The molecule has 1 amide bonds. The van der Waals surface area contributed by atoms with E-state index in [0.717, 1.165) is 16.3 Å². The average molecular weight is 329 g/mol. The van der Waals surface area contributed by atoms with Gasteiger partial charge in [0.15, 0.2) is 0 Å². The van der Waals surface area contributed by atoms with Gasteiger partial charge in [-0.2, -0.15) is 5.10 Å². The molecule has 0 aliphatic rings. The van der Waals surface area contributed by atoms with Crippen molar-refractivity contribution < 1.29 is 9.53 Å². The standard InChI is InChI=1S/C20H15N3O2/c1-2-13-25-19-11-10-15-7-3-4-8-16(15)17(19)14-22-23-20(24)18-9-5-6-12-21-18/h1,3-12,14H,13H2,(H,23,24)/b22-14-. The summed E-state index contributed by atoms with van der Waals surface area (Å²) in [6, 6.07) is 16.7. The maximum Gasteiger partial charge on any atom is 0.289 e. The van der Waals surface area contributed by atoms with E-state index in [1.165, 1.54) is 0 Å². The molecule has 3 rings (SSSR count). The summed E-state index contributed by atoms with van der Waals surface area (Å²) < 4.78 is 5.58. The van der Waals surface area contributed by atoms with E-state index in [2.05, 4.69) is 21.4 Å². The highest BCUT2D eigenvalue weighted by atomic mass is 16.5. The summed E-state index contributed by atoms with van der Waals surface area (Å²) in [5.74, 6) is 2.66. The number of terminal acetylenes is 1. The third kappa shape index (κ3) is 3.82. The molecule has 3 aromatic rings. The molecule has 5 heteroatoms. The Labute approximate surface area is 145 Å². The molecular weight excluding hydrogens is 314 g/mol. The van der Waals surface area contributed by atoms with Crippen LogP contribution >= 0.6 is 0 Å². The van der Waals surface area contributed by atoms with Crippen LogP contribution in [0.3, 0.4) is 0 Å². The van der Waals surface area contributed by atoms with Gasteiger partial charge in [0.05, 0.1) is 6.21 Å². The number of fused-ring (bicyclic) bond motifs is 1. The fraction of sp³-hybridized carbons (Fsp3) is 0.0500. The maximum atomic E-state index is 12.0. The minimum absolute atomic E-state index is 0.152. The summed E-state index contributed by atoms with van der Waals surface area (Å²) in [6.45, 7) is 0.152. The Morgan fingerprint density at radius 2 is 2.04 bits per heavy atom. The third-order valence-electron chi connectivity index (χ3n) is 3.50. The zero-order chi connectivity index (χ0) is 17.5. The van der Waals surface area contributed by atoms with Gasteiger partial charge < -0.3 is 4.74 Å². The van der Waals surface area contributed by atoms with E-state index in [0.29, 0.717) is 11.4 Å². The van der Waals surface area contributed by atoms with Gasteiger partial charge in [-0.3, -0.25) is 9.78 Å². The van der Waals surface area contributed by atoms with Crippen LogP contribution in [-0.4, -0.2) is 23.7 Å². The molecule has 1 aromatic heterocycles. The first kappa shape index (κ1) is 16.2. The smallest absolute Gasteiger partial charge is 0.289 e. The van der Waals surface area contributed by atoms with Crippen molar-refractivity contribution in [2.75, 3.05) is 6.61 Å². The number of hydrazone groups is 1. The number of carbonyl (C=O) groups excluding carboxylic acids is 1. The summed E-state index contributed by atoms with van der Waals surface area (Å²) in [5, 5.41) is 6.03. The summed E-state index contributed by atoms with van der Waals surface area (Å²) in [5.41, 5.74) is 3.51. The van der Waals surface area contributed by atoms with Gasteiger partial charge in [0.2, 0.25) is 0 Å². The summed E-state index contributed by atoms with van der Waals surface area (Å²) >= 11 is 0. The topological polar surface area (TPSA) is 63.6 Å². The van der Waals surface area contributed by atoms with Crippen LogP contribution in [0.4, 0.5) is 0 Å². The molecule has 1 heterocycles. The van der Waals surface area contributed by atoms with Gasteiger partial charge in [0.25, 0.3) is 5.91 Å². The van der Waals surface area contributed by atoms with Gasteiger partial charge in [-0.05, 0) is 29.0 Å². The molecule has 0 unspecified atom stereocenters. The van der Waals surface area contributed by atoms with Crippen LogP contribution in [0.2, 0.25) is 0 Å². The molecule has 0 bridgehead atoms. The monoisotopic (exact) mass is 329 g/mol. The van der Waals surface area contributed by atoms with Gasteiger partial charge in [-0.1, -0.05) is 42.3 Å². The second-order valence-electron chi connectivity index (χ2n) is 5.11. The van der Waals surface area contributed by atoms with Gasteiger partial charge in [0, 0.05) is 11.8 Å². The van der Waals surface area contributed by atoms with Crippen molar-refractivity contribution in [3.63, 3.8) is 0 Å². The predicted molar refractivity (Wildman–Crippen MR) is 97.6 cm³/mol. The highest BCUT2D eigenvalue weighted by Gasteiger charge is 2.08. The summed E-state index contributed by atoms with van der Waals surface area (Å²) in [6.07, 6.45) is 8.37. The number of aromatic nitrogens is 1. The number of benzene rings is 2. The van der Waals surface area contributed by atoms with Gasteiger partial charge in [-0.15, -0.1) is 6.42 Å². The highest BCUT2D eigenvalue weighted by Crippen LogP contribution is 2.26. The number of hydrogen-bond donors (Lipinski definition) is 1. The average Bonchev–Trinajstić information content (AvgIpc) is 2.67. The maximum absolute atomic E-state index is 12.0. The molecule has 5 nitrogen and oxygen atoms in total. The molecule has 0 aliphatic heterocycles. The van der Waals surface area contributed by atoms with E-state index in [1.54, 1.807) is 30.6 Å². The number of ether oxygens (including phenoxy) is 1. The number of hydrogen-bond acceptors (Lipinski definition) is 4. The Balaban J connectivity index is 1.88. The first-order valence-corrected chi connectivity index (χ1v) is 7.62. The van der Waals surface area contributed by atoms with Crippen LogP contribution in [0.5, 0.6) is 5.75 Å². The molecule has 0 spiro atoms. The van der Waals surface area contributed by atoms with E-state index in [9.17, 15) is 4.79 Å². The Hall–Kier alpha value is -3.65. The zero-order valence-corrected chi connectivity index (χ0v) is 13.3. The van der Waals surface area contributed by atoms with Crippen LogP contribution in [0, 0.1) is 12.3 Å². The molecular formula is C20H15N3O2. The molecule has 0 saturated carbocycles. The Morgan fingerprint density at radius 1 is 1.20 bits per heavy atom. The molecule has 2 aromatic carbocycles. The van der Waals surface area contributed by atoms with Crippen molar-refractivity contribution in [3.8, 4) is 18.1 Å². The van der Waals surface area contributed by atoms with Gasteiger partial charge in [0.1, 0.15) is 18.1 Å². The highest BCUT2D eigenvalue weighted by molar-refractivity contribution is 6.03. The number of nitrogens with zero attached hydrogens (tertiary/aromatic N) is 2. The van der Waals surface area contributed by atoms with E-state index in [4.69, 9.17) is 11.2 Å². The first-order valence-electron chi connectivity index (χ1n) is 7.62. The van der Waals surface area contributed by atoms with Gasteiger partial charge >= 0.3 is 0 Å². The minimum Gasteiger partial charge on any atom is -0.480 e. The zero-order valence-electron chi connectivity index (χ0n) is 13.3. The van der Waals surface area contributed by atoms with Crippen molar-refractivity contribution in [1.82, 2.24) is 10.4 Å².